The molecule has 106 valence electrons. The second kappa shape index (κ2) is 4.64. The summed E-state index contributed by atoms with van der Waals surface area (Å²) in [4.78, 5) is 0. The fraction of sp³-hybridized carbons (Fsp3) is 0.600. The molecule has 19 heavy (non-hydrogen) atoms. The Morgan fingerprint density at radius 1 is 1.26 bits per heavy atom. The van der Waals surface area contributed by atoms with Crippen LogP contribution in [0.4, 0.5) is 0 Å². The molecule has 0 saturated heterocycles. The number of ether oxygens (including phenoxy) is 1. The van der Waals surface area contributed by atoms with Gasteiger partial charge in [0.25, 0.3) is 0 Å². The van der Waals surface area contributed by atoms with Crippen LogP contribution in [0.2, 0.25) is 5.02 Å². The Morgan fingerprint density at radius 2 is 1.79 bits per heavy atom. The Labute approximate surface area is 128 Å². The molecule has 0 bridgehead atoms. The van der Waals surface area contributed by atoms with E-state index < -0.39 is 0 Å². The second-order valence-corrected chi connectivity index (χ2v) is 7.75. The molecule has 1 aliphatic carbocycles. The zero-order valence-corrected chi connectivity index (χ0v) is 14.4. The molecule has 4 heteroatoms. The third-order valence-electron chi connectivity index (χ3n) is 5.09. The largest absolute Gasteiger partial charge is 0.495 e. The highest BCUT2D eigenvalue weighted by atomic mass is 79.9. The number of rotatable bonds is 3. The van der Waals surface area contributed by atoms with Crippen LogP contribution in [0, 0.1) is 16.7 Å². The van der Waals surface area contributed by atoms with E-state index in [2.05, 4.69) is 43.6 Å². The van der Waals surface area contributed by atoms with Gasteiger partial charge < -0.3 is 10.5 Å². The van der Waals surface area contributed by atoms with Gasteiger partial charge in [-0.1, -0.05) is 39.3 Å². The van der Waals surface area contributed by atoms with Crippen molar-refractivity contribution < 1.29 is 4.74 Å². The molecule has 1 atom stereocenters. The van der Waals surface area contributed by atoms with Gasteiger partial charge >= 0.3 is 0 Å². The molecule has 0 radical (unpaired) electrons. The van der Waals surface area contributed by atoms with Gasteiger partial charge in [-0.25, -0.2) is 0 Å². The molecular formula is C15H21BrClNO. The smallest absolute Gasteiger partial charge is 0.137 e. The van der Waals surface area contributed by atoms with Crippen LogP contribution in [-0.4, -0.2) is 7.11 Å². The molecule has 1 fully saturated rings. The summed E-state index contributed by atoms with van der Waals surface area (Å²) in [6, 6.07) is 3.68. The van der Waals surface area contributed by atoms with Crippen LogP contribution in [0.25, 0.3) is 0 Å². The van der Waals surface area contributed by atoms with Crippen LogP contribution in [0.5, 0.6) is 5.75 Å². The summed E-state index contributed by atoms with van der Waals surface area (Å²) in [5.74, 6) is 1.20. The zero-order chi connectivity index (χ0) is 14.6. The number of benzene rings is 1. The molecule has 2 rings (SSSR count). The number of hydrogen-bond donors (Lipinski definition) is 1. The lowest BCUT2D eigenvalue weighted by molar-refractivity contribution is 0.393. The van der Waals surface area contributed by atoms with Crippen LogP contribution in [-0.2, 0) is 0 Å². The molecular weight excluding hydrogens is 326 g/mol. The van der Waals surface area contributed by atoms with E-state index in [1.54, 1.807) is 7.11 Å². The van der Waals surface area contributed by atoms with Crippen molar-refractivity contribution in [2.45, 2.75) is 33.7 Å². The van der Waals surface area contributed by atoms with E-state index in [1.807, 2.05) is 12.1 Å². The molecule has 2 nitrogen and oxygen atoms in total. The molecule has 0 spiro atoms. The number of nitrogens with two attached hydrogens (primary N) is 1. The SMILES string of the molecule is COc1c(Br)cc(Cl)cc1C(N)C1C(C)(C)C1(C)C. The topological polar surface area (TPSA) is 35.2 Å². The molecule has 0 amide bonds. The van der Waals surface area contributed by atoms with Crippen molar-refractivity contribution in [2.24, 2.45) is 22.5 Å². The van der Waals surface area contributed by atoms with E-state index in [0.29, 0.717) is 10.9 Å². The van der Waals surface area contributed by atoms with Crippen molar-refractivity contribution in [1.29, 1.82) is 0 Å². The molecule has 0 aliphatic heterocycles. The zero-order valence-electron chi connectivity index (χ0n) is 12.1. The molecule has 2 N–H and O–H groups in total. The van der Waals surface area contributed by atoms with Gasteiger partial charge in [0.05, 0.1) is 11.6 Å². The summed E-state index contributed by atoms with van der Waals surface area (Å²) in [6.45, 7) is 9.07. The van der Waals surface area contributed by atoms with E-state index in [4.69, 9.17) is 22.1 Å². The number of hydrogen-bond acceptors (Lipinski definition) is 2. The van der Waals surface area contributed by atoms with Crippen LogP contribution in [0.1, 0.15) is 39.3 Å². The van der Waals surface area contributed by atoms with Gasteiger partial charge in [-0.3, -0.25) is 0 Å². The van der Waals surface area contributed by atoms with Crippen molar-refractivity contribution in [2.75, 3.05) is 7.11 Å². The third kappa shape index (κ3) is 2.20. The van der Waals surface area contributed by atoms with Crippen molar-refractivity contribution in [1.82, 2.24) is 0 Å². The van der Waals surface area contributed by atoms with Gasteiger partial charge in [0.2, 0.25) is 0 Å². The fourth-order valence-corrected chi connectivity index (χ4v) is 4.36. The molecule has 1 unspecified atom stereocenters. The first-order chi connectivity index (χ1) is 8.64. The maximum absolute atomic E-state index is 6.51. The summed E-state index contributed by atoms with van der Waals surface area (Å²) in [5, 5.41) is 0.675. The number of methoxy groups -OCH3 is 1. The molecule has 0 heterocycles. The summed E-state index contributed by atoms with van der Waals surface area (Å²) >= 11 is 9.64. The predicted octanol–water partition coefficient (Wildman–Crippen LogP) is 4.79. The molecule has 1 aromatic carbocycles. The minimum Gasteiger partial charge on any atom is -0.495 e. The first-order valence-corrected chi connectivity index (χ1v) is 7.60. The lowest BCUT2D eigenvalue weighted by Crippen LogP contribution is -2.17. The quantitative estimate of drug-likeness (QED) is 0.853. The van der Waals surface area contributed by atoms with E-state index >= 15 is 0 Å². The highest BCUT2D eigenvalue weighted by molar-refractivity contribution is 9.10. The Kier molecular flexibility index (Phi) is 3.70. The minimum atomic E-state index is -0.0741. The van der Waals surface area contributed by atoms with Gasteiger partial charge in [-0.15, -0.1) is 0 Å². The lowest BCUT2D eigenvalue weighted by Gasteiger charge is -2.19. The third-order valence-corrected chi connectivity index (χ3v) is 5.90. The lowest BCUT2D eigenvalue weighted by atomic mass is 9.96. The van der Waals surface area contributed by atoms with Crippen LogP contribution >= 0.6 is 27.5 Å². The Morgan fingerprint density at radius 3 is 2.21 bits per heavy atom. The molecule has 1 saturated carbocycles. The molecule has 1 aliphatic rings. The Balaban J connectivity index is 2.44. The van der Waals surface area contributed by atoms with Crippen molar-refractivity contribution in [3.05, 3.63) is 27.2 Å². The van der Waals surface area contributed by atoms with Gasteiger partial charge in [0, 0.05) is 16.6 Å². The minimum absolute atomic E-state index is 0.0741. The summed E-state index contributed by atoms with van der Waals surface area (Å²) in [7, 11) is 1.66. The molecule has 0 aromatic heterocycles. The monoisotopic (exact) mass is 345 g/mol. The second-order valence-electron chi connectivity index (χ2n) is 6.46. The summed E-state index contributed by atoms with van der Waals surface area (Å²) in [6.07, 6.45) is 0. The first-order valence-electron chi connectivity index (χ1n) is 6.43. The molecule has 1 aromatic rings. The van der Waals surface area contributed by atoms with Crippen molar-refractivity contribution >= 4 is 27.5 Å². The normalized spacial score (nSPS) is 22.1. The maximum Gasteiger partial charge on any atom is 0.137 e. The average molecular weight is 347 g/mol. The van der Waals surface area contributed by atoms with Crippen LogP contribution in [0.15, 0.2) is 16.6 Å². The van der Waals surface area contributed by atoms with Crippen molar-refractivity contribution in [3.8, 4) is 5.75 Å². The number of halogens is 2. The predicted molar refractivity (Wildman–Crippen MR) is 83.7 cm³/mol. The average Bonchev–Trinajstić information content (AvgIpc) is 2.67. The van der Waals surface area contributed by atoms with Crippen LogP contribution in [0.3, 0.4) is 0 Å². The van der Waals surface area contributed by atoms with Crippen LogP contribution < -0.4 is 10.5 Å². The Bertz CT molecular complexity index is 499. The standard InChI is InChI=1S/C15H21BrClNO/c1-14(2)13(15(14,3)4)11(18)9-6-8(17)7-10(16)12(9)19-5/h6-7,11,13H,18H2,1-5H3. The highest BCUT2D eigenvalue weighted by Gasteiger charge is 2.66. The van der Waals surface area contributed by atoms with Crippen molar-refractivity contribution in [3.63, 3.8) is 0 Å². The Hall–Kier alpha value is -0.250. The summed E-state index contributed by atoms with van der Waals surface area (Å²) < 4.78 is 6.33. The summed E-state index contributed by atoms with van der Waals surface area (Å²) in [5.41, 5.74) is 7.94. The van der Waals surface area contributed by atoms with Gasteiger partial charge in [-0.2, -0.15) is 0 Å². The van der Waals surface area contributed by atoms with Gasteiger partial charge in [0.1, 0.15) is 5.75 Å². The highest BCUT2D eigenvalue weighted by Crippen LogP contribution is 2.72. The van der Waals surface area contributed by atoms with Gasteiger partial charge in [0.15, 0.2) is 0 Å². The van der Waals surface area contributed by atoms with E-state index in [-0.39, 0.29) is 16.9 Å². The maximum atomic E-state index is 6.51. The first kappa shape index (κ1) is 15.1. The van der Waals surface area contributed by atoms with Gasteiger partial charge in [-0.05, 0) is 44.8 Å². The van der Waals surface area contributed by atoms with E-state index in [0.717, 1.165) is 15.8 Å². The fourth-order valence-electron chi connectivity index (χ4n) is 3.37. The van der Waals surface area contributed by atoms with E-state index in [1.165, 1.54) is 0 Å². The van der Waals surface area contributed by atoms with E-state index in [9.17, 15) is 0 Å².